The van der Waals surface area contributed by atoms with Crippen LogP contribution >= 0.6 is 0 Å². The lowest BCUT2D eigenvalue weighted by molar-refractivity contribution is 0.101. The molecule has 1 aromatic rings. The van der Waals surface area contributed by atoms with Crippen LogP contribution in [0.5, 0.6) is 0 Å². The van der Waals surface area contributed by atoms with Crippen LogP contribution < -0.4 is 4.90 Å². The van der Waals surface area contributed by atoms with Gasteiger partial charge in [-0.15, -0.1) is 0 Å². The van der Waals surface area contributed by atoms with Crippen molar-refractivity contribution < 1.29 is 9.90 Å². The number of carbonyl (C=O) groups excluding carboxylic acids is 1. The van der Waals surface area contributed by atoms with Crippen LogP contribution in [0.2, 0.25) is 0 Å². The minimum atomic E-state index is 0.0596. The van der Waals surface area contributed by atoms with Crippen molar-refractivity contribution in [2.45, 2.75) is 19.8 Å². The summed E-state index contributed by atoms with van der Waals surface area (Å²) >= 11 is 0. The molecule has 2 rings (SSSR count). The zero-order chi connectivity index (χ0) is 12.3. The fraction of sp³-hybridized carbons (Fsp3) is 0.538. The SMILES string of the molecule is CC(=O)c1ccnc(N2CCCC(CO)C2)c1. The highest BCUT2D eigenvalue weighted by Gasteiger charge is 2.20. The van der Waals surface area contributed by atoms with Gasteiger partial charge in [0.05, 0.1) is 0 Å². The Morgan fingerprint density at radius 2 is 2.47 bits per heavy atom. The van der Waals surface area contributed by atoms with Gasteiger partial charge in [-0.2, -0.15) is 0 Å². The molecule has 1 unspecified atom stereocenters. The molecule has 0 amide bonds. The minimum absolute atomic E-state index is 0.0596. The first-order valence-electron chi connectivity index (χ1n) is 6.03. The maximum Gasteiger partial charge on any atom is 0.159 e. The van der Waals surface area contributed by atoms with Gasteiger partial charge in [-0.25, -0.2) is 4.98 Å². The molecule has 92 valence electrons. The normalized spacial score (nSPS) is 20.4. The van der Waals surface area contributed by atoms with Gasteiger partial charge < -0.3 is 10.0 Å². The Labute approximate surface area is 101 Å². The Bertz CT molecular complexity index is 406. The number of hydrogen-bond acceptors (Lipinski definition) is 4. The number of hydrogen-bond donors (Lipinski definition) is 1. The summed E-state index contributed by atoms with van der Waals surface area (Å²) in [6, 6.07) is 3.57. The summed E-state index contributed by atoms with van der Waals surface area (Å²) in [5, 5.41) is 9.20. The molecular weight excluding hydrogens is 216 g/mol. The molecule has 17 heavy (non-hydrogen) atoms. The van der Waals surface area contributed by atoms with E-state index in [1.54, 1.807) is 19.2 Å². The zero-order valence-electron chi connectivity index (χ0n) is 10.1. The van der Waals surface area contributed by atoms with E-state index >= 15 is 0 Å². The maximum atomic E-state index is 11.3. The molecule has 0 spiro atoms. The standard InChI is InChI=1S/C13H18N2O2/c1-10(17)12-4-5-14-13(7-12)15-6-2-3-11(8-15)9-16/h4-5,7,11,16H,2-3,6,8-9H2,1H3. The fourth-order valence-electron chi connectivity index (χ4n) is 2.23. The summed E-state index contributed by atoms with van der Waals surface area (Å²) in [7, 11) is 0. The smallest absolute Gasteiger partial charge is 0.159 e. The van der Waals surface area contributed by atoms with Crippen LogP contribution in [0.15, 0.2) is 18.3 Å². The fourth-order valence-corrected chi connectivity index (χ4v) is 2.23. The summed E-state index contributed by atoms with van der Waals surface area (Å²) in [5.74, 6) is 1.23. The Kier molecular flexibility index (Phi) is 3.74. The molecule has 1 fully saturated rings. The molecule has 0 bridgehead atoms. The van der Waals surface area contributed by atoms with Gasteiger partial charge in [-0.1, -0.05) is 0 Å². The van der Waals surface area contributed by atoms with Gasteiger partial charge in [-0.05, 0) is 37.8 Å². The third kappa shape index (κ3) is 2.82. The molecule has 0 radical (unpaired) electrons. The second-order valence-electron chi connectivity index (χ2n) is 4.60. The van der Waals surface area contributed by atoms with Crippen LogP contribution in [0.4, 0.5) is 5.82 Å². The highest BCUT2D eigenvalue weighted by atomic mass is 16.3. The number of aliphatic hydroxyl groups excluding tert-OH is 1. The van der Waals surface area contributed by atoms with E-state index in [1.165, 1.54) is 0 Å². The largest absolute Gasteiger partial charge is 0.396 e. The number of aliphatic hydroxyl groups is 1. The van der Waals surface area contributed by atoms with Crippen molar-refractivity contribution in [2.24, 2.45) is 5.92 Å². The monoisotopic (exact) mass is 234 g/mol. The first-order chi connectivity index (χ1) is 8.20. The molecular formula is C13H18N2O2. The number of piperidine rings is 1. The van der Waals surface area contributed by atoms with E-state index in [4.69, 9.17) is 0 Å². The number of aromatic nitrogens is 1. The van der Waals surface area contributed by atoms with Gasteiger partial charge >= 0.3 is 0 Å². The third-order valence-corrected chi connectivity index (χ3v) is 3.25. The van der Waals surface area contributed by atoms with E-state index in [0.29, 0.717) is 11.5 Å². The van der Waals surface area contributed by atoms with Gasteiger partial charge in [0.2, 0.25) is 0 Å². The van der Waals surface area contributed by atoms with E-state index in [9.17, 15) is 9.90 Å². The highest BCUT2D eigenvalue weighted by Crippen LogP contribution is 2.21. The quantitative estimate of drug-likeness (QED) is 0.805. The van der Waals surface area contributed by atoms with Crippen LogP contribution in [0.3, 0.4) is 0 Å². The topological polar surface area (TPSA) is 53.4 Å². The summed E-state index contributed by atoms with van der Waals surface area (Å²) < 4.78 is 0. The van der Waals surface area contributed by atoms with Crippen LogP contribution in [0, 0.1) is 5.92 Å². The Morgan fingerprint density at radius 3 is 3.18 bits per heavy atom. The van der Waals surface area contributed by atoms with Gasteiger partial charge in [0.1, 0.15) is 5.82 Å². The lowest BCUT2D eigenvalue weighted by atomic mass is 9.99. The number of carbonyl (C=O) groups is 1. The molecule has 1 atom stereocenters. The summed E-state index contributed by atoms with van der Waals surface area (Å²) in [6.07, 6.45) is 3.81. The predicted octanol–water partition coefficient (Wildman–Crippen LogP) is 1.49. The Hall–Kier alpha value is -1.42. The van der Waals surface area contributed by atoms with Crippen molar-refractivity contribution in [3.8, 4) is 0 Å². The van der Waals surface area contributed by atoms with Crippen LogP contribution in [-0.2, 0) is 0 Å². The van der Waals surface area contributed by atoms with Crippen LogP contribution in [-0.4, -0.2) is 35.6 Å². The van der Waals surface area contributed by atoms with E-state index in [0.717, 1.165) is 31.7 Å². The van der Waals surface area contributed by atoms with Crippen molar-refractivity contribution in [3.63, 3.8) is 0 Å². The van der Waals surface area contributed by atoms with Crippen LogP contribution in [0.1, 0.15) is 30.1 Å². The van der Waals surface area contributed by atoms with Crippen molar-refractivity contribution >= 4 is 11.6 Å². The van der Waals surface area contributed by atoms with Gasteiger partial charge in [0.25, 0.3) is 0 Å². The Balaban J connectivity index is 2.16. The summed E-state index contributed by atoms with van der Waals surface area (Å²) in [6.45, 7) is 3.56. The first kappa shape index (κ1) is 12.0. The number of rotatable bonds is 3. The Morgan fingerprint density at radius 1 is 1.65 bits per heavy atom. The van der Waals surface area contributed by atoms with E-state index in [1.807, 2.05) is 6.07 Å². The molecule has 1 aliphatic rings. The number of ketones is 1. The third-order valence-electron chi connectivity index (χ3n) is 3.25. The van der Waals surface area contributed by atoms with E-state index < -0.39 is 0 Å². The molecule has 1 aromatic heterocycles. The van der Waals surface area contributed by atoms with Crippen molar-refractivity contribution in [1.82, 2.24) is 4.98 Å². The number of nitrogens with zero attached hydrogens (tertiary/aromatic N) is 2. The lowest BCUT2D eigenvalue weighted by Gasteiger charge is -2.32. The lowest BCUT2D eigenvalue weighted by Crippen LogP contribution is -2.37. The number of anilines is 1. The maximum absolute atomic E-state index is 11.3. The zero-order valence-corrected chi connectivity index (χ0v) is 10.1. The molecule has 4 heteroatoms. The molecule has 2 heterocycles. The highest BCUT2D eigenvalue weighted by molar-refractivity contribution is 5.94. The van der Waals surface area contributed by atoms with E-state index in [-0.39, 0.29) is 12.4 Å². The van der Waals surface area contributed by atoms with Gasteiger partial charge in [0, 0.05) is 31.5 Å². The first-order valence-corrected chi connectivity index (χ1v) is 6.03. The van der Waals surface area contributed by atoms with Crippen molar-refractivity contribution in [3.05, 3.63) is 23.9 Å². The minimum Gasteiger partial charge on any atom is -0.396 e. The second-order valence-corrected chi connectivity index (χ2v) is 4.60. The molecule has 4 nitrogen and oxygen atoms in total. The average molecular weight is 234 g/mol. The molecule has 0 aliphatic carbocycles. The summed E-state index contributed by atoms with van der Waals surface area (Å²) in [4.78, 5) is 17.8. The van der Waals surface area contributed by atoms with Gasteiger partial charge in [-0.3, -0.25) is 4.79 Å². The molecule has 1 saturated heterocycles. The van der Waals surface area contributed by atoms with E-state index in [2.05, 4.69) is 9.88 Å². The van der Waals surface area contributed by atoms with Crippen molar-refractivity contribution in [1.29, 1.82) is 0 Å². The van der Waals surface area contributed by atoms with Crippen LogP contribution in [0.25, 0.3) is 0 Å². The second kappa shape index (κ2) is 5.27. The molecule has 1 N–H and O–H groups in total. The number of Topliss-reactive ketones (excluding diaryl/α,β-unsaturated/α-hetero) is 1. The average Bonchev–Trinajstić information content (AvgIpc) is 2.39. The molecule has 1 aliphatic heterocycles. The predicted molar refractivity (Wildman–Crippen MR) is 66.3 cm³/mol. The van der Waals surface area contributed by atoms with Gasteiger partial charge in [0.15, 0.2) is 5.78 Å². The summed E-state index contributed by atoms with van der Waals surface area (Å²) in [5.41, 5.74) is 0.695. The van der Waals surface area contributed by atoms with Crippen molar-refractivity contribution in [2.75, 3.05) is 24.6 Å². The number of pyridine rings is 1. The molecule has 0 aromatic carbocycles. The molecule has 0 saturated carbocycles.